The van der Waals surface area contributed by atoms with Crippen LogP contribution in [-0.4, -0.2) is 68.9 Å². The van der Waals surface area contributed by atoms with Crippen LogP contribution < -0.4 is 10.1 Å². The number of nitrogens with one attached hydrogen (secondary N) is 1. The fourth-order valence-corrected chi connectivity index (χ4v) is 5.41. The number of imide groups is 1. The first kappa shape index (κ1) is 22.3. The Morgan fingerprint density at radius 2 is 1.81 bits per heavy atom. The molecule has 0 aromatic heterocycles. The summed E-state index contributed by atoms with van der Waals surface area (Å²) in [6, 6.07) is 13.1. The van der Waals surface area contributed by atoms with Gasteiger partial charge in [0.2, 0.25) is 15.9 Å². The van der Waals surface area contributed by atoms with E-state index < -0.39 is 16.1 Å². The van der Waals surface area contributed by atoms with Crippen molar-refractivity contribution in [3.63, 3.8) is 0 Å². The molecule has 1 unspecified atom stereocenters. The molecule has 10 heteroatoms. The number of benzene rings is 2. The second kappa shape index (κ2) is 9.27. The highest BCUT2D eigenvalue weighted by Gasteiger charge is 2.39. The third kappa shape index (κ3) is 4.47. The van der Waals surface area contributed by atoms with Gasteiger partial charge in [-0.2, -0.15) is 4.31 Å². The Morgan fingerprint density at radius 1 is 1.09 bits per heavy atom. The Kier molecular flexibility index (Phi) is 6.45. The summed E-state index contributed by atoms with van der Waals surface area (Å²) in [6.45, 7) is 1.38. The Hall–Kier alpha value is -2.95. The largest absolute Gasteiger partial charge is 0.495 e. The van der Waals surface area contributed by atoms with Gasteiger partial charge in [0, 0.05) is 18.8 Å². The topological polar surface area (TPSA) is 105 Å². The van der Waals surface area contributed by atoms with Crippen LogP contribution in [0.5, 0.6) is 5.75 Å². The van der Waals surface area contributed by atoms with Gasteiger partial charge in [-0.15, -0.1) is 0 Å². The Bertz CT molecular complexity index is 1100. The van der Waals surface area contributed by atoms with E-state index in [0.717, 1.165) is 5.56 Å². The van der Waals surface area contributed by atoms with Gasteiger partial charge in [0.25, 0.3) is 5.91 Å². The molecule has 170 valence electrons. The van der Waals surface area contributed by atoms with E-state index in [0.29, 0.717) is 18.9 Å². The summed E-state index contributed by atoms with van der Waals surface area (Å²) < 4.78 is 38.2. The minimum atomic E-state index is -3.81. The van der Waals surface area contributed by atoms with Gasteiger partial charge in [0.1, 0.15) is 16.7 Å². The molecule has 2 fully saturated rings. The third-order valence-electron chi connectivity index (χ3n) is 5.52. The monoisotopic (exact) mass is 459 g/mol. The van der Waals surface area contributed by atoms with E-state index in [-0.39, 0.29) is 48.5 Å². The van der Waals surface area contributed by atoms with E-state index in [9.17, 15) is 18.0 Å². The maximum Gasteiger partial charge on any atom is 0.252 e. The number of sulfonamides is 1. The average Bonchev–Trinajstić information content (AvgIpc) is 3.07. The summed E-state index contributed by atoms with van der Waals surface area (Å²) in [4.78, 5) is 26.5. The summed E-state index contributed by atoms with van der Waals surface area (Å²) >= 11 is 0. The molecule has 32 heavy (non-hydrogen) atoms. The molecular formula is C22H25N3O6S. The highest BCUT2D eigenvalue weighted by atomic mass is 32.2. The Morgan fingerprint density at radius 3 is 2.50 bits per heavy atom. The maximum atomic E-state index is 13.2. The molecule has 0 saturated carbocycles. The second-order valence-corrected chi connectivity index (χ2v) is 9.49. The molecule has 1 atom stereocenters. The van der Waals surface area contributed by atoms with E-state index in [1.165, 1.54) is 22.4 Å². The van der Waals surface area contributed by atoms with Gasteiger partial charge in [-0.25, -0.2) is 8.42 Å². The maximum absolute atomic E-state index is 13.2. The molecule has 2 aliphatic rings. The molecule has 0 radical (unpaired) electrons. The number of rotatable bonds is 7. The highest BCUT2D eigenvalue weighted by molar-refractivity contribution is 7.89. The third-order valence-corrected chi connectivity index (χ3v) is 7.44. The molecule has 2 heterocycles. The fourth-order valence-electron chi connectivity index (χ4n) is 3.82. The molecule has 9 nitrogen and oxygen atoms in total. The van der Waals surface area contributed by atoms with Gasteiger partial charge < -0.3 is 14.8 Å². The lowest BCUT2D eigenvalue weighted by Crippen LogP contribution is -2.40. The number of amides is 2. The number of anilines is 1. The van der Waals surface area contributed by atoms with Crippen LogP contribution in [0.1, 0.15) is 12.0 Å². The van der Waals surface area contributed by atoms with Crippen LogP contribution in [0.15, 0.2) is 53.4 Å². The first-order valence-corrected chi connectivity index (χ1v) is 11.7. The van der Waals surface area contributed by atoms with Crippen molar-refractivity contribution in [2.45, 2.75) is 23.9 Å². The van der Waals surface area contributed by atoms with E-state index in [1.54, 1.807) is 12.1 Å². The molecule has 0 aliphatic carbocycles. The number of nitrogens with zero attached hydrogens (tertiary/aromatic N) is 2. The number of morpholine rings is 1. The number of hydrogen-bond acceptors (Lipinski definition) is 7. The number of hydrogen-bond donors (Lipinski definition) is 1. The highest BCUT2D eigenvalue weighted by Crippen LogP contribution is 2.31. The molecular weight excluding hydrogens is 434 g/mol. The summed E-state index contributed by atoms with van der Waals surface area (Å²) in [7, 11) is -2.41. The van der Waals surface area contributed by atoms with Gasteiger partial charge in [-0.1, -0.05) is 30.3 Å². The summed E-state index contributed by atoms with van der Waals surface area (Å²) in [5.41, 5.74) is 1.28. The lowest BCUT2D eigenvalue weighted by atomic mass is 10.2. The zero-order chi connectivity index (χ0) is 22.7. The number of likely N-dealkylation sites (tertiary alicyclic amines) is 1. The van der Waals surface area contributed by atoms with Crippen molar-refractivity contribution in [1.82, 2.24) is 9.21 Å². The average molecular weight is 460 g/mol. The summed E-state index contributed by atoms with van der Waals surface area (Å²) in [5.74, 6) is -0.403. The van der Waals surface area contributed by atoms with Crippen LogP contribution in [0.4, 0.5) is 5.69 Å². The molecule has 0 bridgehead atoms. The van der Waals surface area contributed by atoms with Crippen LogP contribution in [0.25, 0.3) is 0 Å². The number of ether oxygens (including phenoxy) is 2. The number of carbonyl (C=O) groups excluding carboxylic acids is 2. The number of carbonyl (C=O) groups is 2. The van der Waals surface area contributed by atoms with Gasteiger partial charge in [-0.05, 0) is 23.8 Å². The standard InChI is InChI=1S/C22H25N3O6S/c1-30-19-8-7-17(13-20(19)32(28,29)24-9-11-31-12-10-24)23-18-14-21(26)25(22(18)27)15-16-5-3-2-4-6-16/h2-8,13,18,23H,9-12,14-15H2,1H3. The van der Waals surface area contributed by atoms with Crippen molar-refractivity contribution in [3.05, 3.63) is 54.1 Å². The van der Waals surface area contributed by atoms with Gasteiger partial charge >= 0.3 is 0 Å². The van der Waals surface area contributed by atoms with Crippen LogP contribution >= 0.6 is 0 Å². The summed E-state index contributed by atoms with van der Waals surface area (Å²) in [6.07, 6.45) is 0.00322. The molecule has 2 saturated heterocycles. The van der Waals surface area contributed by atoms with Crippen LogP contribution in [0.3, 0.4) is 0 Å². The van der Waals surface area contributed by atoms with Crippen LogP contribution in [0.2, 0.25) is 0 Å². The lowest BCUT2D eigenvalue weighted by molar-refractivity contribution is -0.139. The minimum Gasteiger partial charge on any atom is -0.495 e. The van der Waals surface area contributed by atoms with Crippen LogP contribution in [0, 0.1) is 0 Å². The van der Waals surface area contributed by atoms with Crippen molar-refractivity contribution in [2.75, 3.05) is 38.7 Å². The van der Waals surface area contributed by atoms with Crippen molar-refractivity contribution in [1.29, 1.82) is 0 Å². The summed E-state index contributed by atoms with van der Waals surface area (Å²) in [5, 5.41) is 3.03. The van der Waals surface area contributed by atoms with Crippen molar-refractivity contribution >= 4 is 27.5 Å². The fraction of sp³-hybridized carbons (Fsp3) is 0.364. The van der Waals surface area contributed by atoms with Crippen molar-refractivity contribution < 1.29 is 27.5 Å². The van der Waals surface area contributed by atoms with E-state index in [1.807, 2.05) is 30.3 Å². The zero-order valence-corrected chi connectivity index (χ0v) is 18.5. The predicted molar refractivity (Wildman–Crippen MR) is 117 cm³/mol. The van der Waals surface area contributed by atoms with Gasteiger partial charge in [0.05, 0.1) is 33.3 Å². The molecule has 4 rings (SSSR count). The SMILES string of the molecule is COc1ccc(NC2CC(=O)N(Cc3ccccc3)C2=O)cc1S(=O)(=O)N1CCOCC1. The zero-order valence-electron chi connectivity index (χ0n) is 17.7. The number of methoxy groups -OCH3 is 1. The molecule has 2 amide bonds. The molecule has 2 aromatic rings. The molecule has 0 spiro atoms. The smallest absolute Gasteiger partial charge is 0.252 e. The first-order chi connectivity index (χ1) is 15.4. The Labute approximate surface area is 187 Å². The first-order valence-electron chi connectivity index (χ1n) is 10.3. The quantitative estimate of drug-likeness (QED) is 0.625. The van der Waals surface area contributed by atoms with Gasteiger partial charge in [-0.3, -0.25) is 14.5 Å². The normalized spacial score (nSPS) is 19.9. The van der Waals surface area contributed by atoms with Crippen LogP contribution in [-0.2, 0) is 30.9 Å². The Balaban J connectivity index is 1.54. The minimum absolute atomic E-state index is 0.00322. The molecule has 1 N–H and O–H groups in total. The molecule has 2 aromatic carbocycles. The van der Waals surface area contributed by atoms with Crippen molar-refractivity contribution in [3.8, 4) is 5.75 Å². The van der Waals surface area contributed by atoms with Gasteiger partial charge in [0.15, 0.2) is 0 Å². The molecule has 2 aliphatic heterocycles. The van der Waals surface area contributed by atoms with E-state index in [4.69, 9.17) is 9.47 Å². The van der Waals surface area contributed by atoms with Crippen molar-refractivity contribution in [2.24, 2.45) is 0 Å². The van der Waals surface area contributed by atoms with E-state index in [2.05, 4.69) is 5.32 Å². The van der Waals surface area contributed by atoms with E-state index >= 15 is 0 Å². The second-order valence-electron chi connectivity index (χ2n) is 7.59. The lowest BCUT2D eigenvalue weighted by Gasteiger charge is -2.27. The predicted octanol–water partition coefficient (Wildman–Crippen LogP) is 1.46.